The van der Waals surface area contributed by atoms with E-state index in [0.717, 1.165) is 24.6 Å². The van der Waals surface area contributed by atoms with Crippen molar-refractivity contribution in [3.05, 3.63) is 16.1 Å². The van der Waals surface area contributed by atoms with Gasteiger partial charge in [0.05, 0.1) is 30.5 Å². The molecule has 1 atom stereocenters. The predicted octanol–water partition coefficient (Wildman–Crippen LogP) is 1.76. The first-order valence-corrected chi connectivity index (χ1v) is 7.99. The van der Waals surface area contributed by atoms with Crippen LogP contribution in [0.15, 0.2) is 5.51 Å². The zero-order valence-corrected chi connectivity index (χ0v) is 12.4. The van der Waals surface area contributed by atoms with Crippen LogP contribution in [0.25, 0.3) is 0 Å². The summed E-state index contributed by atoms with van der Waals surface area (Å²) < 4.78 is 5.50. The highest BCUT2D eigenvalue weighted by atomic mass is 32.1. The van der Waals surface area contributed by atoms with E-state index in [1.807, 2.05) is 12.4 Å². The molecule has 0 radical (unpaired) electrons. The summed E-state index contributed by atoms with van der Waals surface area (Å²) in [5.41, 5.74) is 2.96. The maximum atomic E-state index is 9.74. The van der Waals surface area contributed by atoms with Crippen LogP contribution in [0.4, 0.5) is 0 Å². The normalized spacial score (nSPS) is 16.7. The Labute approximate surface area is 119 Å². The molecule has 4 nitrogen and oxygen atoms in total. The van der Waals surface area contributed by atoms with Crippen molar-refractivity contribution >= 4 is 11.3 Å². The van der Waals surface area contributed by atoms with E-state index in [4.69, 9.17) is 4.74 Å². The van der Waals surface area contributed by atoms with Crippen LogP contribution in [-0.2, 0) is 11.2 Å². The molecule has 0 aliphatic heterocycles. The molecule has 2 rings (SSSR count). The van der Waals surface area contributed by atoms with Crippen LogP contribution in [0.1, 0.15) is 29.8 Å². The number of rotatable bonds is 10. The molecule has 1 fully saturated rings. The summed E-state index contributed by atoms with van der Waals surface area (Å²) in [7, 11) is 0. The van der Waals surface area contributed by atoms with Gasteiger partial charge in [0.25, 0.3) is 0 Å². The fraction of sp³-hybridized carbons (Fsp3) is 0.786. The van der Waals surface area contributed by atoms with Crippen LogP contribution in [0, 0.1) is 12.8 Å². The largest absolute Gasteiger partial charge is 0.389 e. The second-order valence-corrected chi connectivity index (χ2v) is 6.22. The van der Waals surface area contributed by atoms with E-state index in [1.54, 1.807) is 11.3 Å². The molecule has 1 aromatic rings. The minimum absolute atomic E-state index is 0.401. The molecule has 1 aromatic heterocycles. The van der Waals surface area contributed by atoms with E-state index in [-0.39, 0.29) is 0 Å². The van der Waals surface area contributed by atoms with Crippen molar-refractivity contribution in [2.24, 2.45) is 5.92 Å². The molecule has 1 aliphatic carbocycles. The average molecular weight is 284 g/mol. The van der Waals surface area contributed by atoms with Gasteiger partial charge in [0.15, 0.2) is 0 Å². The Bertz CT molecular complexity index is 366. The third-order valence-corrected chi connectivity index (χ3v) is 4.43. The lowest BCUT2D eigenvalue weighted by atomic mass is 10.3. The number of nitrogens with one attached hydrogen (secondary N) is 1. The first-order chi connectivity index (χ1) is 9.25. The van der Waals surface area contributed by atoms with Crippen LogP contribution in [0.2, 0.25) is 0 Å². The van der Waals surface area contributed by atoms with E-state index >= 15 is 0 Å². The summed E-state index contributed by atoms with van der Waals surface area (Å²) in [5.74, 6) is 0.948. The van der Waals surface area contributed by atoms with Crippen LogP contribution in [0.3, 0.4) is 0 Å². The molecule has 108 valence electrons. The van der Waals surface area contributed by atoms with Gasteiger partial charge in [-0.15, -0.1) is 11.3 Å². The maximum absolute atomic E-state index is 9.74. The van der Waals surface area contributed by atoms with Gasteiger partial charge in [-0.25, -0.2) is 4.98 Å². The summed E-state index contributed by atoms with van der Waals surface area (Å²) >= 11 is 1.67. The molecule has 5 heteroatoms. The van der Waals surface area contributed by atoms with Gasteiger partial charge in [0.1, 0.15) is 0 Å². The van der Waals surface area contributed by atoms with Crippen LogP contribution in [-0.4, -0.2) is 42.5 Å². The Kier molecular flexibility index (Phi) is 6.23. The molecule has 0 saturated heterocycles. The topological polar surface area (TPSA) is 54.4 Å². The first kappa shape index (κ1) is 14.9. The van der Waals surface area contributed by atoms with Gasteiger partial charge in [-0.1, -0.05) is 12.8 Å². The molecule has 0 spiro atoms. The fourth-order valence-corrected chi connectivity index (χ4v) is 2.75. The number of thiazole rings is 1. The molecule has 0 amide bonds. The van der Waals surface area contributed by atoms with E-state index < -0.39 is 6.10 Å². The standard InChI is InChI=1S/C14H24N2O2S/c1-11-14(19-10-16-11)5-7-18-9-13(17)8-15-6-4-12-2-3-12/h10,12-13,15,17H,2-9H2,1H3. The van der Waals surface area contributed by atoms with Gasteiger partial charge in [-0.05, 0) is 25.8 Å². The Morgan fingerprint density at radius 2 is 2.42 bits per heavy atom. The average Bonchev–Trinajstić information content (AvgIpc) is 3.13. The van der Waals surface area contributed by atoms with Crippen molar-refractivity contribution in [3.63, 3.8) is 0 Å². The number of aryl methyl sites for hydroxylation is 1. The summed E-state index contributed by atoms with van der Waals surface area (Å²) in [6.45, 7) is 4.73. The number of aromatic nitrogens is 1. The molecular weight excluding hydrogens is 260 g/mol. The summed E-state index contributed by atoms with van der Waals surface area (Å²) in [6.07, 6.45) is 4.52. The first-order valence-electron chi connectivity index (χ1n) is 7.11. The van der Waals surface area contributed by atoms with Crippen molar-refractivity contribution in [3.8, 4) is 0 Å². The molecule has 19 heavy (non-hydrogen) atoms. The van der Waals surface area contributed by atoms with E-state index in [9.17, 15) is 5.11 Å². The Morgan fingerprint density at radius 1 is 1.58 bits per heavy atom. The van der Waals surface area contributed by atoms with Crippen LogP contribution >= 0.6 is 11.3 Å². The highest BCUT2D eigenvalue weighted by Crippen LogP contribution is 2.31. The molecule has 2 N–H and O–H groups in total. The van der Waals surface area contributed by atoms with Gasteiger partial charge in [0, 0.05) is 17.8 Å². The number of hydrogen-bond acceptors (Lipinski definition) is 5. The summed E-state index contributed by atoms with van der Waals surface area (Å²) in [4.78, 5) is 5.48. The molecular formula is C14H24N2O2S. The minimum Gasteiger partial charge on any atom is -0.389 e. The lowest BCUT2D eigenvalue weighted by molar-refractivity contribution is 0.0385. The van der Waals surface area contributed by atoms with Crippen molar-refractivity contribution < 1.29 is 9.84 Å². The maximum Gasteiger partial charge on any atom is 0.0897 e. The van der Waals surface area contributed by atoms with Crippen molar-refractivity contribution in [1.29, 1.82) is 0 Å². The lowest BCUT2D eigenvalue weighted by Crippen LogP contribution is -2.31. The van der Waals surface area contributed by atoms with Gasteiger partial charge in [-0.3, -0.25) is 0 Å². The molecule has 0 aromatic carbocycles. The molecule has 0 bridgehead atoms. The van der Waals surface area contributed by atoms with E-state index in [1.165, 1.54) is 24.1 Å². The van der Waals surface area contributed by atoms with Crippen molar-refractivity contribution in [2.75, 3.05) is 26.3 Å². The second-order valence-electron chi connectivity index (χ2n) is 5.28. The smallest absolute Gasteiger partial charge is 0.0897 e. The third kappa shape index (κ3) is 5.99. The summed E-state index contributed by atoms with van der Waals surface area (Å²) in [6, 6.07) is 0. The number of aliphatic hydroxyl groups excluding tert-OH is 1. The monoisotopic (exact) mass is 284 g/mol. The quantitative estimate of drug-likeness (QED) is 0.643. The van der Waals surface area contributed by atoms with Crippen molar-refractivity contribution in [1.82, 2.24) is 10.3 Å². The van der Waals surface area contributed by atoms with Crippen molar-refractivity contribution in [2.45, 2.75) is 38.7 Å². The lowest BCUT2D eigenvalue weighted by Gasteiger charge is -2.12. The predicted molar refractivity (Wildman–Crippen MR) is 77.6 cm³/mol. The molecule has 1 heterocycles. The number of aliphatic hydroxyl groups is 1. The zero-order chi connectivity index (χ0) is 13.5. The molecule has 1 saturated carbocycles. The number of nitrogens with zero attached hydrogens (tertiary/aromatic N) is 1. The minimum atomic E-state index is -0.401. The van der Waals surface area contributed by atoms with Gasteiger partial charge < -0.3 is 15.2 Å². The second kappa shape index (κ2) is 7.94. The zero-order valence-electron chi connectivity index (χ0n) is 11.6. The Morgan fingerprint density at radius 3 is 3.11 bits per heavy atom. The van der Waals surface area contributed by atoms with Crippen LogP contribution in [0.5, 0.6) is 0 Å². The highest BCUT2D eigenvalue weighted by Gasteiger charge is 2.20. The third-order valence-electron chi connectivity index (χ3n) is 3.43. The number of hydrogen-bond donors (Lipinski definition) is 2. The van der Waals surface area contributed by atoms with Gasteiger partial charge >= 0.3 is 0 Å². The Hall–Kier alpha value is -0.490. The highest BCUT2D eigenvalue weighted by molar-refractivity contribution is 7.09. The van der Waals surface area contributed by atoms with Gasteiger partial charge in [-0.2, -0.15) is 0 Å². The molecule has 1 unspecified atom stereocenters. The van der Waals surface area contributed by atoms with E-state index in [2.05, 4.69) is 10.3 Å². The van der Waals surface area contributed by atoms with E-state index in [0.29, 0.717) is 19.8 Å². The SMILES string of the molecule is Cc1ncsc1CCOCC(O)CNCCC1CC1. The fourth-order valence-electron chi connectivity index (χ4n) is 1.99. The van der Waals surface area contributed by atoms with Gasteiger partial charge in [0.2, 0.25) is 0 Å². The van der Waals surface area contributed by atoms with Crippen LogP contribution < -0.4 is 5.32 Å². The Balaban J connectivity index is 1.44. The molecule has 1 aliphatic rings. The summed E-state index contributed by atoms with van der Waals surface area (Å²) in [5, 5.41) is 13.0. The number of ether oxygens (including phenoxy) is 1.